The van der Waals surface area contributed by atoms with Gasteiger partial charge in [0.2, 0.25) is 5.91 Å². The van der Waals surface area contributed by atoms with Crippen molar-refractivity contribution in [3.8, 4) is 11.1 Å². The normalized spacial score (nSPS) is 14.0. The zero-order valence-electron chi connectivity index (χ0n) is 18.9. The van der Waals surface area contributed by atoms with Crippen LogP contribution in [0.1, 0.15) is 43.2 Å². The average molecular weight is 455 g/mol. The van der Waals surface area contributed by atoms with Gasteiger partial charge in [-0.2, -0.15) is 0 Å². The van der Waals surface area contributed by atoms with Gasteiger partial charge in [0.25, 0.3) is 0 Å². The molecule has 2 aromatic rings. The Morgan fingerprint density at radius 3 is 2.12 bits per heavy atom. The highest BCUT2D eigenvalue weighted by Gasteiger charge is 2.30. The van der Waals surface area contributed by atoms with Gasteiger partial charge in [0.05, 0.1) is 0 Å². The first-order chi connectivity index (χ1) is 16.0. The van der Waals surface area contributed by atoms with Gasteiger partial charge in [0.15, 0.2) is 0 Å². The molecule has 2 amide bonds. The lowest BCUT2D eigenvalue weighted by Crippen LogP contribution is -2.51. The van der Waals surface area contributed by atoms with E-state index in [2.05, 4.69) is 22.8 Å². The summed E-state index contributed by atoms with van der Waals surface area (Å²) in [5, 5.41) is 14.3. The number of methoxy groups -OCH3 is 1. The molecule has 3 N–H and O–H groups in total. The van der Waals surface area contributed by atoms with E-state index in [1.807, 2.05) is 36.4 Å². The molecular formula is C25H30N2O6. The van der Waals surface area contributed by atoms with Crippen LogP contribution in [-0.2, 0) is 19.1 Å². The third kappa shape index (κ3) is 5.90. The van der Waals surface area contributed by atoms with Crippen molar-refractivity contribution >= 4 is 18.0 Å². The zero-order valence-corrected chi connectivity index (χ0v) is 18.9. The smallest absolute Gasteiger partial charge is 0.407 e. The van der Waals surface area contributed by atoms with Gasteiger partial charge in [0.1, 0.15) is 18.7 Å². The van der Waals surface area contributed by atoms with Crippen LogP contribution in [-0.4, -0.2) is 55.5 Å². The number of carboxylic acids is 1. The summed E-state index contributed by atoms with van der Waals surface area (Å²) < 4.78 is 10.6. The quantitative estimate of drug-likeness (QED) is 0.449. The molecule has 0 radical (unpaired) electrons. The third-order valence-corrected chi connectivity index (χ3v) is 5.82. The van der Waals surface area contributed by atoms with Crippen LogP contribution in [0.5, 0.6) is 0 Å². The number of aliphatic carboxylic acids is 1. The first-order valence-corrected chi connectivity index (χ1v) is 11.1. The fourth-order valence-electron chi connectivity index (χ4n) is 4.09. The van der Waals surface area contributed by atoms with Crippen molar-refractivity contribution in [1.82, 2.24) is 10.6 Å². The molecule has 0 aromatic heterocycles. The molecule has 0 spiro atoms. The van der Waals surface area contributed by atoms with E-state index in [-0.39, 0.29) is 18.9 Å². The highest BCUT2D eigenvalue weighted by molar-refractivity contribution is 5.89. The lowest BCUT2D eigenvalue weighted by molar-refractivity contribution is -0.142. The predicted octanol–water partition coefficient (Wildman–Crippen LogP) is 3.30. The Labute approximate surface area is 193 Å². The van der Waals surface area contributed by atoms with Crippen LogP contribution >= 0.6 is 0 Å². The molecule has 0 saturated heterocycles. The molecule has 0 aliphatic heterocycles. The molecule has 176 valence electrons. The number of amides is 2. The summed E-state index contributed by atoms with van der Waals surface area (Å²) in [5.74, 6) is -1.78. The summed E-state index contributed by atoms with van der Waals surface area (Å²) in [6, 6.07) is 14.1. The van der Waals surface area contributed by atoms with Crippen molar-refractivity contribution in [2.75, 3.05) is 20.3 Å². The number of hydrogen-bond acceptors (Lipinski definition) is 5. The Kier molecular flexibility index (Phi) is 8.43. The van der Waals surface area contributed by atoms with Gasteiger partial charge in [-0.1, -0.05) is 55.5 Å². The Bertz CT molecular complexity index is 947. The van der Waals surface area contributed by atoms with E-state index in [4.69, 9.17) is 9.47 Å². The van der Waals surface area contributed by atoms with E-state index in [9.17, 15) is 19.5 Å². The summed E-state index contributed by atoms with van der Waals surface area (Å²) in [4.78, 5) is 36.5. The summed E-state index contributed by atoms with van der Waals surface area (Å²) in [5.41, 5.74) is 4.43. The average Bonchev–Trinajstić information content (AvgIpc) is 3.14. The molecule has 3 rings (SSSR count). The van der Waals surface area contributed by atoms with Crippen molar-refractivity contribution < 1.29 is 29.0 Å². The maximum absolute atomic E-state index is 12.6. The molecule has 1 aliphatic carbocycles. The van der Waals surface area contributed by atoms with Crippen LogP contribution in [0.25, 0.3) is 11.1 Å². The van der Waals surface area contributed by atoms with Gasteiger partial charge in [-0.15, -0.1) is 0 Å². The first-order valence-electron chi connectivity index (χ1n) is 11.1. The highest BCUT2D eigenvalue weighted by Crippen LogP contribution is 2.44. The Balaban J connectivity index is 1.65. The van der Waals surface area contributed by atoms with Crippen LogP contribution in [0.15, 0.2) is 48.5 Å². The van der Waals surface area contributed by atoms with E-state index < -0.39 is 30.1 Å². The number of ether oxygens (including phenoxy) is 2. The van der Waals surface area contributed by atoms with Crippen LogP contribution in [0.3, 0.4) is 0 Å². The standard InChI is InChI=1S/C25H30N2O6/c1-3-21(24(29)30)26-23(28)22(13-8-14-32-2)27-25(31)33-15-20-18-11-6-4-9-16(18)17-10-5-7-12-19(17)20/h4-7,9-12,20-22H,3,8,13-15H2,1-2H3,(H,26,28)(H,27,31)(H,29,30)/t21-,22?/m0/s1. The molecule has 33 heavy (non-hydrogen) atoms. The molecule has 2 aromatic carbocycles. The number of carbonyl (C=O) groups excluding carboxylic acids is 2. The summed E-state index contributed by atoms with van der Waals surface area (Å²) in [6.45, 7) is 2.20. The molecule has 0 heterocycles. The molecule has 0 saturated carbocycles. The number of carboxylic acid groups (broad SMARTS) is 1. The summed E-state index contributed by atoms with van der Waals surface area (Å²) >= 11 is 0. The van der Waals surface area contributed by atoms with Gasteiger partial charge >= 0.3 is 12.1 Å². The Hall–Kier alpha value is -3.39. The maximum atomic E-state index is 12.6. The molecule has 2 atom stereocenters. The van der Waals surface area contributed by atoms with Gasteiger partial charge in [-0.05, 0) is 41.5 Å². The molecule has 1 aliphatic rings. The van der Waals surface area contributed by atoms with Crippen LogP contribution in [0, 0.1) is 0 Å². The molecule has 1 unspecified atom stereocenters. The lowest BCUT2D eigenvalue weighted by Gasteiger charge is -2.21. The number of nitrogens with one attached hydrogen (secondary N) is 2. The minimum Gasteiger partial charge on any atom is -0.480 e. The second kappa shape index (κ2) is 11.5. The fraction of sp³-hybridized carbons (Fsp3) is 0.400. The monoisotopic (exact) mass is 454 g/mol. The van der Waals surface area contributed by atoms with Crippen LogP contribution in [0.4, 0.5) is 4.79 Å². The van der Waals surface area contributed by atoms with Crippen molar-refractivity contribution in [2.24, 2.45) is 0 Å². The van der Waals surface area contributed by atoms with Gasteiger partial charge < -0.3 is 25.2 Å². The summed E-state index contributed by atoms with van der Waals surface area (Å²) in [6.07, 6.45) is 0.316. The van der Waals surface area contributed by atoms with Gasteiger partial charge in [0, 0.05) is 19.6 Å². The Morgan fingerprint density at radius 1 is 0.970 bits per heavy atom. The van der Waals surface area contributed by atoms with E-state index in [1.165, 1.54) is 0 Å². The fourth-order valence-corrected chi connectivity index (χ4v) is 4.09. The largest absolute Gasteiger partial charge is 0.480 e. The lowest BCUT2D eigenvalue weighted by atomic mass is 9.98. The topological polar surface area (TPSA) is 114 Å². The SMILES string of the molecule is CC[C@H](NC(=O)C(CCCOC)NC(=O)OCC1c2ccccc2-c2ccccc21)C(=O)O. The second-order valence-corrected chi connectivity index (χ2v) is 7.97. The number of hydrogen-bond donors (Lipinski definition) is 3. The molecule has 8 nitrogen and oxygen atoms in total. The minimum absolute atomic E-state index is 0.0969. The maximum Gasteiger partial charge on any atom is 0.407 e. The van der Waals surface area contributed by atoms with E-state index >= 15 is 0 Å². The zero-order chi connectivity index (χ0) is 23.8. The van der Waals surface area contributed by atoms with Crippen LogP contribution < -0.4 is 10.6 Å². The van der Waals surface area contributed by atoms with Crippen molar-refractivity contribution in [2.45, 2.75) is 44.2 Å². The number of carbonyl (C=O) groups is 3. The second-order valence-electron chi connectivity index (χ2n) is 7.97. The Morgan fingerprint density at radius 2 is 1.58 bits per heavy atom. The van der Waals surface area contributed by atoms with Crippen molar-refractivity contribution in [3.63, 3.8) is 0 Å². The summed E-state index contributed by atoms with van der Waals surface area (Å²) in [7, 11) is 1.55. The van der Waals surface area contributed by atoms with Crippen molar-refractivity contribution in [3.05, 3.63) is 59.7 Å². The number of fused-ring (bicyclic) bond motifs is 3. The molecule has 0 fully saturated rings. The number of alkyl carbamates (subject to hydrolysis) is 1. The van der Waals surface area contributed by atoms with E-state index in [0.29, 0.717) is 19.4 Å². The van der Waals surface area contributed by atoms with Gasteiger partial charge in [-0.25, -0.2) is 9.59 Å². The number of benzene rings is 2. The van der Waals surface area contributed by atoms with Crippen LogP contribution in [0.2, 0.25) is 0 Å². The highest BCUT2D eigenvalue weighted by atomic mass is 16.5. The first kappa shape index (κ1) is 24.3. The van der Waals surface area contributed by atoms with Gasteiger partial charge in [-0.3, -0.25) is 4.79 Å². The number of rotatable bonds is 11. The molecular weight excluding hydrogens is 424 g/mol. The predicted molar refractivity (Wildman–Crippen MR) is 123 cm³/mol. The minimum atomic E-state index is -1.12. The third-order valence-electron chi connectivity index (χ3n) is 5.82. The molecule has 0 bridgehead atoms. The van der Waals surface area contributed by atoms with E-state index in [0.717, 1.165) is 22.3 Å². The van der Waals surface area contributed by atoms with Crippen molar-refractivity contribution in [1.29, 1.82) is 0 Å². The molecule has 8 heteroatoms. The van der Waals surface area contributed by atoms with E-state index in [1.54, 1.807) is 14.0 Å².